The number of amides is 2. The van der Waals surface area contributed by atoms with Crippen LogP contribution in [-0.4, -0.2) is 41.7 Å². The second kappa shape index (κ2) is 7.22. The smallest absolute Gasteiger partial charge is 0.347 e. The second-order valence-corrected chi connectivity index (χ2v) is 7.31. The van der Waals surface area contributed by atoms with Crippen molar-refractivity contribution in [2.24, 2.45) is 28.8 Å². The van der Waals surface area contributed by atoms with Crippen molar-refractivity contribution in [2.45, 2.75) is 26.4 Å². The molecule has 1 saturated heterocycles. The maximum atomic E-state index is 12.6. The molecule has 1 aromatic rings. The minimum atomic E-state index is -0.706. The molecule has 2 amide bonds. The van der Waals surface area contributed by atoms with Crippen molar-refractivity contribution in [3.63, 3.8) is 0 Å². The molecule has 0 N–H and O–H groups in total. The number of fused-ring (bicyclic) bond motifs is 5. The average molecular weight is 382 g/mol. The fourth-order valence-electron chi connectivity index (χ4n) is 4.27. The fourth-order valence-corrected chi connectivity index (χ4v) is 4.27. The fraction of sp³-hybridized carbons (Fsp3) is 0.429. The predicted molar refractivity (Wildman–Crippen MR) is 100 cm³/mol. The summed E-state index contributed by atoms with van der Waals surface area (Å²) < 4.78 is 10.4. The molecule has 0 spiro atoms. The Balaban J connectivity index is 1.40. The van der Waals surface area contributed by atoms with Gasteiger partial charge in [-0.2, -0.15) is 10.1 Å². The molecule has 7 nitrogen and oxygen atoms in total. The van der Waals surface area contributed by atoms with Gasteiger partial charge in [0, 0.05) is 0 Å². The second-order valence-electron chi connectivity index (χ2n) is 7.31. The largest absolute Gasteiger partial charge is 0.479 e. The molecular weight excluding hydrogens is 360 g/mol. The standard InChI is InChI=1S/C21H22N2O5/c1-3-27-21(26)12(2)28-16-8-4-13(5-9-16)11-22-23-19(24)17-14-6-7-15(10-14)18(17)20(23)25/h4-9,11-12,14-15,17-18H,3,10H2,1-2H3/t12-,14-,15-,17-,18+/m0/s1. The molecule has 7 heteroatoms. The first-order valence-corrected chi connectivity index (χ1v) is 9.53. The van der Waals surface area contributed by atoms with Gasteiger partial charge in [-0.1, -0.05) is 12.2 Å². The van der Waals surface area contributed by atoms with Gasteiger partial charge in [0.05, 0.1) is 24.7 Å². The van der Waals surface area contributed by atoms with Crippen LogP contribution in [0.15, 0.2) is 41.5 Å². The van der Waals surface area contributed by atoms with E-state index in [0.717, 1.165) is 17.0 Å². The lowest BCUT2D eigenvalue weighted by Gasteiger charge is -2.13. The molecule has 0 aromatic heterocycles. The summed E-state index contributed by atoms with van der Waals surface area (Å²) in [5, 5.41) is 5.17. The highest BCUT2D eigenvalue weighted by atomic mass is 16.6. The van der Waals surface area contributed by atoms with E-state index in [1.807, 2.05) is 0 Å². The Morgan fingerprint density at radius 2 is 1.79 bits per heavy atom. The lowest BCUT2D eigenvalue weighted by Crippen LogP contribution is -2.28. The molecule has 1 saturated carbocycles. The molecule has 5 atom stereocenters. The molecule has 4 rings (SSSR count). The molecule has 1 aromatic carbocycles. The Hall–Kier alpha value is -2.96. The maximum absolute atomic E-state index is 12.6. The van der Waals surface area contributed by atoms with Crippen LogP contribution in [0.4, 0.5) is 0 Å². The summed E-state index contributed by atoms with van der Waals surface area (Å²) >= 11 is 0. The lowest BCUT2D eigenvalue weighted by molar-refractivity contribution is -0.150. The van der Waals surface area contributed by atoms with Crippen molar-refractivity contribution in [2.75, 3.05) is 6.61 Å². The predicted octanol–water partition coefficient (Wildman–Crippen LogP) is 2.16. The van der Waals surface area contributed by atoms with Crippen LogP contribution < -0.4 is 4.74 Å². The summed E-state index contributed by atoms with van der Waals surface area (Å²) in [6, 6.07) is 6.88. The van der Waals surface area contributed by atoms with Crippen LogP contribution in [0.3, 0.4) is 0 Å². The number of hydrogen-bond acceptors (Lipinski definition) is 6. The van der Waals surface area contributed by atoms with Gasteiger partial charge in [0.15, 0.2) is 6.10 Å². The number of nitrogens with zero attached hydrogens (tertiary/aromatic N) is 2. The van der Waals surface area contributed by atoms with Crippen LogP contribution in [0.2, 0.25) is 0 Å². The van der Waals surface area contributed by atoms with E-state index in [1.165, 1.54) is 6.21 Å². The van der Waals surface area contributed by atoms with Gasteiger partial charge in [-0.3, -0.25) is 9.59 Å². The third kappa shape index (κ3) is 3.10. The molecule has 2 bridgehead atoms. The summed E-state index contributed by atoms with van der Waals surface area (Å²) in [6.07, 6.45) is 5.80. The number of rotatable bonds is 6. The van der Waals surface area contributed by atoms with Crippen molar-refractivity contribution in [1.82, 2.24) is 5.01 Å². The van der Waals surface area contributed by atoms with Gasteiger partial charge in [-0.15, -0.1) is 0 Å². The average Bonchev–Trinajstić information content (AvgIpc) is 3.36. The third-order valence-electron chi connectivity index (χ3n) is 5.58. The van der Waals surface area contributed by atoms with Crippen LogP contribution >= 0.6 is 0 Å². The summed E-state index contributed by atoms with van der Waals surface area (Å²) in [4.78, 5) is 36.8. The van der Waals surface area contributed by atoms with E-state index in [1.54, 1.807) is 38.1 Å². The van der Waals surface area contributed by atoms with Gasteiger partial charge in [-0.25, -0.2) is 4.79 Å². The highest BCUT2D eigenvalue weighted by molar-refractivity contribution is 6.06. The Labute approximate surface area is 163 Å². The number of allylic oxidation sites excluding steroid dienone is 2. The Morgan fingerprint density at radius 3 is 2.36 bits per heavy atom. The van der Waals surface area contributed by atoms with Crippen LogP contribution in [0.5, 0.6) is 5.75 Å². The molecule has 28 heavy (non-hydrogen) atoms. The molecule has 1 aliphatic heterocycles. The number of carbonyl (C=O) groups excluding carboxylic acids is 3. The summed E-state index contributed by atoms with van der Waals surface area (Å²) in [5.74, 6) is -0.470. The number of benzene rings is 1. The van der Waals surface area contributed by atoms with Gasteiger partial charge in [-0.05, 0) is 61.9 Å². The van der Waals surface area contributed by atoms with E-state index in [2.05, 4.69) is 17.3 Å². The van der Waals surface area contributed by atoms with Crippen molar-refractivity contribution in [3.05, 3.63) is 42.0 Å². The quantitative estimate of drug-likeness (QED) is 0.326. The molecule has 0 radical (unpaired) electrons. The first-order valence-electron chi connectivity index (χ1n) is 9.53. The van der Waals surface area contributed by atoms with Gasteiger partial charge in [0.1, 0.15) is 5.75 Å². The number of hydrogen-bond donors (Lipinski definition) is 0. The maximum Gasteiger partial charge on any atom is 0.347 e. The first-order chi connectivity index (χ1) is 13.5. The van der Waals surface area contributed by atoms with Crippen molar-refractivity contribution >= 4 is 24.0 Å². The van der Waals surface area contributed by atoms with Crippen LogP contribution in [-0.2, 0) is 19.1 Å². The zero-order valence-corrected chi connectivity index (χ0v) is 15.8. The van der Waals surface area contributed by atoms with Crippen molar-refractivity contribution in [1.29, 1.82) is 0 Å². The highest BCUT2D eigenvalue weighted by Gasteiger charge is 2.59. The molecule has 3 aliphatic rings. The van der Waals surface area contributed by atoms with E-state index in [9.17, 15) is 14.4 Å². The van der Waals surface area contributed by atoms with Gasteiger partial charge < -0.3 is 9.47 Å². The van der Waals surface area contributed by atoms with Crippen LogP contribution in [0.1, 0.15) is 25.8 Å². The number of imide groups is 1. The first kappa shape index (κ1) is 18.4. The Kier molecular flexibility index (Phi) is 4.75. The highest BCUT2D eigenvalue weighted by Crippen LogP contribution is 2.52. The van der Waals surface area contributed by atoms with E-state index in [-0.39, 0.29) is 35.5 Å². The third-order valence-corrected chi connectivity index (χ3v) is 5.58. The normalized spacial score (nSPS) is 28.9. The topological polar surface area (TPSA) is 85.3 Å². The Morgan fingerprint density at radius 1 is 1.18 bits per heavy atom. The lowest BCUT2D eigenvalue weighted by atomic mass is 9.85. The summed E-state index contributed by atoms with van der Waals surface area (Å²) in [7, 11) is 0. The zero-order valence-electron chi connectivity index (χ0n) is 15.8. The molecule has 1 heterocycles. The molecule has 2 aliphatic carbocycles. The minimum Gasteiger partial charge on any atom is -0.479 e. The van der Waals surface area contributed by atoms with E-state index in [0.29, 0.717) is 12.4 Å². The van der Waals surface area contributed by atoms with Gasteiger partial charge >= 0.3 is 5.97 Å². The molecule has 2 fully saturated rings. The SMILES string of the molecule is CCOC(=O)[C@H](C)Oc1ccc(C=NN2C(=O)[C@@H]3[C@H](C2=O)[C@H]2C=C[C@H]3C2)cc1. The van der Waals surface area contributed by atoms with Crippen LogP contribution in [0.25, 0.3) is 0 Å². The summed E-state index contributed by atoms with van der Waals surface area (Å²) in [5.41, 5.74) is 0.717. The molecular formula is C21H22N2O5. The molecule has 0 unspecified atom stereocenters. The van der Waals surface area contributed by atoms with Crippen molar-refractivity contribution in [3.8, 4) is 5.75 Å². The number of carbonyl (C=O) groups is 3. The summed E-state index contributed by atoms with van der Waals surface area (Å²) in [6.45, 7) is 3.66. The monoisotopic (exact) mass is 382 g/mol. The van der Waals surface area contributed by atoms with Gasteiger partial charge in [0.25, 0.3) is 11.8 Å². The van der Waals surface area contributed by atoms with E-state index < -0.39 is 12.1 Å². The number of ether oxygens (including phenoxy) is 2. The van der Waals surface area contributed by atoms with Gasteiger partial charge in [0.2, 0.25) is 0 Å². The van der Waals surface area contributed by atoms with E-state index >= 15 is 0 Å². The van der Waals surface area contributed by atoms with Crippen molar-refractivity contribution < 1.29 is 23.9 Å². The Bertz CT molecular complexity index is 830. The number of hydrazone groups is 1. The minimum absolute atomic E-state index is 0.171. The molecule has 146 valence electrons. The van der Waals surface area contributed by atoms with E-state index in [4.69, 9.17) is 9.47 Å². The number of esters is 1. The zero-order chi connectivity index (χ0) is 19.8. The van der Waals surface area contributed by atoms with Crippen LogP contribution in [0, 0.1) is 23.7 Å².